The smallest absolute Gasteiger partial charge is 0.119 e. The minimum Gasteiger partial charge on any atom is -0.385 e. The fraction of sp³-hybridized carbons (Fsp3) is 0.0714. The second-order valence-corrected chi connectivity index (χ2v) is 5.11. The van der Waals surface area contributed by atoms with Crippen LogP contribution in [0.2, 0.25) is 0 Å². The molecule has 2 heterocycles. The van der Waals surface area contributed by atoms with Crippen LogP contribution >= 0.6 is 15.9 Å². The summed E-state index contributed by atoms with van der Waals surface area (Å²) in [7, 11) is 0. The van der Waals surface area contributed by atoms with Gasteiger partial charge in [-0.2, -0.15) is 0 Å². The zero-order valence-corrected chi connectivity index (χ0v) is 11.3. The molecule has 0 radical (unpaired) electrons. The molecule has 0 bridgehead atoms. The molecular weight excluding hydrogens is 290 g/mol. The van der Waals surface area contributed by atoms with E-state index in [1.807, 2.05) is 40.9 Å². The van der Waals surface area contributed by atoms with Crippen LogP contribution in [-0.2, 0) is 6.42 Å². The van der Waals surface area contributed by atoms with Crippen LogP contribution in [0.4, 0.5) is 5.82 Å². The maximum atomic E-state index is 6.00. The quantitative estimate of drug-likeness (QED) is 0.789. The normalized spacial score (nSPS) is 10.9. The molecule has 90 valence electrons. The number of anilines is 1. The van der Waals surface area contributed by atoms with E-state index >= 15 is 0 Å². The summed E-state index contributed by atoms with van der Waals surface area (Å²) >= 11 is 3.48. The first-order valence-electron chi connectivity index (χ1n) is 5.69. The van der Waals surface area contributed by atoms with E-state index in [4.69, 9.17) is 5.73 Å². The van der Waals surface area contributed by atoms with E-state index in [0.29, 0.717) is 0 Å². The van der Waals surface area contributed by atoms with Gasteiger partial charge in [-0.05, 0) is 29.8 Å². The second kappa shape index (κ2) is 4.46. The fourth-order valence-corrected chi connectivity index (χ4v) is 2.54. The molecule has 0 saturated heterocycles. The summed E-state index contributed by atoms with van der Waals surface area (Å²) in [6.07, 6.45) is 2.62. The van der Waals surface area contributed by atoms with Gasteiger partial charge in [0.05, 0.1) is 11.7 Å². The lowest BCUT2D eigenvalue weighted by molar-refractivity contribution is 0.968. The SMILES string of the molecule is Nc1cccc2cnc(Cc3cccc(Br)c3)n12. The van der Waals surface area contributed by atoms with Gasteiger partial charge in [-0.1, -0.05) is 34.1 Å². The van der Waals surface area contributed by atoms with Crippen molar-refractivity contribution in [3.05, 3.63) is 64.5 Å². The van der Waals surface area contributed by atoms with Crippen LogP contribution < -0.4 is 5.73 Å². The first-order chi connectivity index (χ1) is 8.74. The van der Waals surface area contributed by atoms with Crippen molar-refractivity contribution in [1.82, 2.24) is 9.38 Å². The third-order valence-electron chi connectivity index (χ3n) is 2.91. The van der Waals surface area contributed by atoms with Crippen LogP contribution in [0.15, 0.2) is 53.1 Å². The minimum atomic E-state index is 0.718. The molecule has 1 aromatic carbocycles. The topological polar surface area (TPSA) is 43.3 Å². The Morgan fingerprint density at radius 3 is 2.83 bits per heavy atom. The molecule has 0 atom stereocenters. The Labute approximate surface area is 113 Å². The van der Waals surface area contributed by atoms with Crippen molar-refractivity contribution in [1.29, 1.82) is 0 Å². The predicted molar refractivity (Wildman–Crippen MR) is 76.6 cm³/mol. The number of benzene rings is 1. The van der Waals surface area contributed by atoms with Crippen molar-refractivity contribution in [2.45, 2.75) is 6.42 Å². The Kier molecular flexibility index (Phi) is 2.80. The molecule has 0 aliphatic rings. The average Bonchev–Trinajstić information content (AvgIpc) is 2.74. The van der Waals surface area contributed by atoms with Crippen LogP contribution in [0, 0.1) is 0 Å². The highest BCUT2D eigenvalue weighted by Gasteiger charge is 2.06. The Bertz CT molecular complexity index is 703. The van der Waals surface area contributed by atoms with Crippen molar-refractivity contribution in [2.24, 2.45) is 0 Å². The highest BCUT2D eigenvalue weighted by molar-refractivity contribution is 9.10. The van der Waals surface area contributed by atoms with E-state index in [-0.39, 0.29) is 0 Å². The number of imidazole rings is 1. The Hall–Kier alpha value is -1.81. The molecular formula is C14H12BrN3. The minimum absolute atomic E-state index is 0.718. The predicted octanol–water partition coefficient (Wildman–Crippen LogP) is 3.27. The lowest BCUT2D eigenvalue weighted by Gasteiger charge is -2.05. The van der Waals surface area contributed by atoms with Crippen molar-refractivity contribution in [3.63, 3.8) is 0 Å². The van der Waals surface area contributed by atoms with E-state index < -0.39 is 0 Å². The van der Waals surface area contributed by atoms with Gasteiger partial charge in [0.15, 0.2) is 0 Å². The summed E-state index contributed by atoms with van der Waals surface area (Å²) < 4.78 is 3.06. The van der Waals surface area contributed by atoms with Crippen molar-refractivity contribution in [2.75, 3.05) is 5.73 Å². The summed E-state index contributed by atoms with van der Waals surface area (Å²) in [6.45, 7) is 0. The number of halogens is 1. The zero-order valence-electron chi connectivity index (χ0n) is 9.68. The Morgan fingerprint density at radius 2 is 2.00 bits per heavy atom. The number of nitrogens with zero attached hydrogens (tertiary/aromatic N) is 2. The molecule has 4 heteroatoms. The number of rotatable bonds is 2. The molecule has 0 amide bonds. The number of nitrogens with two attached hydrogens (primary N) is 1. The molecule has 3 rings (SSSR count). The average molecular weight is 302 g/mol. The van der Waals surface area contributed by atoms with E-state index in [1.54, 1.807) is 0 Å². The summed E-state index contributed by atoms with van der Waals surface area (Å²) in [6, 6.07) is 14.1. The first-order valence-corrected chi connectivity index (χ1v) is 6.48. The van der Waals surface area contributed by atoms with E-state index in [2.05, 4.69) is 33.0 Å². The maximum absolute atomic E-state index is 6.00. The van der Waals surface area contributed by atoms with Gasteiger partial charge in [0, 0.05) is 10.9 Å². The largest absolute Gasteiger partial charge is 0.385 e. The molecule has 2 aromatic heterocycles. The molecule has 0 aliphatic heterocycles. The lowest BCUT2D eigenvalue weighted by atomic mass is 10.1. The second-order valence-electron chi connectivity index (χ2n) is 4.19. The van der Waals surface area contributed by atoms with Crippen LogP contribution in [0.1, 0.15) is 11.4 Å². The Morgan fingerprint density at radius 1 is 1.17 bits per heavy atom. The number of fused-ring (bicyclic) bond motifs is 1. The molecule has 2 N–H and O–H groups in total. The number of hydrogen-bond acceptors (Lipinski definition) is 2. The standard InChI is InChI=1S/C14H12BrN3/c15-11-4-1-3-10(7-11)8-14-17-9-12-5-2-6-13(16)18(12)14/h1-7,9H,8,16H2. The molecule has 3 aromatic rings. The third-order valence-corrected chi connectivity index (χ3v) is 3.40. The highest BCUT2D eigenvalue weighted by Crippen LogP contribution is 2.18. The van der Waals surface area contributed by atoms with Crippen LogP contribution in [-0.4, -0.2) is 9.38 Å². The van der Waals surface area contributed by atoms with E-state index in [0.717, 1.165) is 28.1 Å². The zero-order chi connectivity index (χ0) is 12.5. The monoisotopic (exact) mass is 301 g/mol. The van der Waals surface area contributed by atoms with Crippen LogP contribution in [0.3, 0.4) is 0 Å². The van der Waals surface area contributed by atoms with Gasteiger partial charge in [-0.25, -0.2) is 4.98 Å². The van der Waals surface area contributed by atoms with Crippen LogP contribution in [0.25, 0.3) is 5.52 Å². The van der Waals surface area contributed by atoms with E-state index in [1.165, 1.54) is 5.56 Å². The summed E-state index contributed by atoms with van der Waals surface area (Å²) in [5.41, 5.74) is 8.23. The lowest BCUT2D eigenvalue weighted by Crippen LogP contribution is -2.01. The summed E-state index contributed by atoms with van der Waals surface area (Å²) in [5.74, 6) is 1.68. The molecule has 18 heavy (non-hydrogen) atoms. The number of hydrogen-bond donors (Lipinski definition) is 1. The third kappa shape index (κ3) is 1.99. The molecule has 0 spiro atoms. The number of pyridine rings is 1. The molecule has 0 saturated carbocycles. The fourth-order valence-electron chi connectivity index (χ4n) is 2.09. The van der Waals surface area contributed by atoms with Gasteiger partial charge in [-0.3, -0.25) is 4.40 Å². The molecule has 0 aliphatic carbocycles. The summed E-state index contributed by atoms with van der Waals surface area (Å²) in [5, 5.41) is 0. The van der Waals surface area contributed by atoms with E-state index in [9.17, 15) is 0 Å². The number of nitrogen functional groups attached to an aromatic ring is 1. The van der Waals surface area contributed by atoms with Crippen molar-refractivity contribution >= 4 is 27.3 Å². The Balaban J connectivity index is 2.05. The van der Waals surface area contributed by atoms with Crippen molar-refractivity contribution < 1.29 is 0 Å². The van der Waals surface area contributed by atoms with Gasteiger partial charge < -0.3 is 5.73 Å². The van der Waals surface area contributed by atoms with Gasteiger partial charge in [-0.15, -0.1) is 0 Å². The van der Waals surface area contributed by atoms with Gasteiger partial charge in [0.1, 0.15) is 11.6 Å². The molecule has 0 unspecified atom stereocenters. The van der Waals surface area contributed by atoms with Crippen molar-refractivity contribution in [3.8, 4) is 0 Å². The van der Waals surface area contributed by atoms with Crippen LogP contribution in [0.5, 0.6) is 0 Å². The van der Waals surface area contributed by atoms with Gasteiger partial charge in [0.25, 0.3) is 0 Å². The summed E-state index contributed by atoms with van der Waals surface area (Å²) in [4.78, 5) is 4.45. The first kappa shape index (κ1) is 11.3. The molecule has 0 fully saturated rings. The number of aromatic nitrogens is 2. The molecule has 3 nitrogen and oxygen atoms in total. The van der Waals surface area contributed by atoms with Gasteiger partial charge in [0.2, 0.25) is 0 Å². The maximum Gasteiger partial charge on any atom is 0.119 e. The highest BCUT2D eigenvalue weighted by atomic mass is 79.9. The van der Waals surface area contributed by atoms with Gasteiger partial charge >= 0.3 is 0 Å².